The Morgan fingerprint density at radius 3 is 2.67 bits per heavy atom. The van der Waals surface area contributed by atoms with E-state index in [1.54, 1.807) is 19.1 Å². The van der Waals surface area contributed by atoms with E-state index in [4.69, 9.17) is 0 Å². The van der Waals surface area contributed by atoms with Crippen LogP contribution < -0.4 is 0 Å². The lowest BCUT2D eigenvalue weighted by atomic mass is 10.1. The van der Waals surface area contributed by atoms with E-state index in [-0.39, 0.29) is 5.75 Å². The van der Waals surface area contributed by atoms with Crippen LogP contribution in [-0.4, -0.2) is 5.11 Å². The standard InChI is InChI=1S/C10H11FO/c1-6-2-5-8(7-3-4-7)9(11)10(6)12/h2,5,7,12H,3-4H2,1H3. The number of benzene rings is 1. The summed E-state index contributed by atoms with van der Waals surface area (Å²) in [6.07, 6.45) is 2.11. The van der Waals surface area contributed by atoms with Crippen molar-refractivity contribution in [2.24, 2.45) is 0 Å². The second kappa shape index (κ2) is 2.47. The number of phenolic OH excluding ortho intramolecular Hbond substituents is 1. The van der Waals surface area contributed by atoms with Crippen LogP contribution in [0.2, 0.25) is 0 Å². The second-order valence-corrected chi connectivity index (χ2v) is 3.41. The maximum absolute atomic E-state index is 13.3. The van der Waals surface area contributed by atoms with Gasteiger partial charge in [-0.3, -0.25) is 0 Å². The number of hydrogen-bond acceptors (Lipinski definition) is 1. The van der Waals surface area contributed by atoms with E-state index in [9.17, 15) is 9.50 Å². The molecule has 1 saturated carbocycles. The molecular weight excluding hydrogens is 155 g/mol. The minimum atomic E-state index is -0.419. The summed E-state index contributed by atoms with van der Waals surface area (Å²) in [5.74, 6) is -0.242. The molecule has 12 heavy (non-hydrogen) atoms. The lowest BCUT2D eigenvalue weighted by Gasteiger charge is -2.04. The quantitative estimate of drug-likeness (QED) is 0.680. The van der Waals surface area contributed by atoms with E-state index in [1.807, 2.05) is 0 Å². The first kappa shape index (κ1) is 7.59. The van der Waals surface area contributed by atoms with Crippen molar-refractivity contribution in [3.8, 4) is 5.75 Å². The molecule has 0 heterocycles. The molecule has 1 aromatic rings. The second-order valence-electron chi connectivity index (χ2n) is 3.41. The molecule has 1 aliphatic rings. The molecule has 0 unspecified atom stereocenters. The fourth-order valence-electron chi connectivity index (χ4n) is 1.39. The predicted octanol–water partition coefficient (Wildman–Crippen LogP) is 2.72. The van der Waals surface area contributed by atoms with Crippen LogP contribution in [0.25, 0.3) is 0 Å². The highest BCUT2D eigenvalue weighted by Gasteiger charge is 2.27. The lowest BCUT2D eigenvalue weighted by molar-refractivity contribution is 0.425. The molecule has 1 aromatic carbocycles. The summed E-state index contributed by atoms with van der Waals surface area (Å²) >= 11 is 0. The zero-order valence-corrected chi connectivity index (χ0v) is 6.97. The highest BCUT2D eigenvalue weighted by Crippen LogP contribution is 2.43. The summed E-state index contributed by atoms with van der Waals surface area (Å²) in [6, 6.07) is 3.55. The number of hydrogen-bond donors (Lipinski definition) is 1. The Morgan fingerprint density at radius 1 is 1.42 bits per heavy atom. The van der Waals surface area contributed by atoms with Gasteiger partial charge in [0.25, 0.3) is 0 Å². The molecule has 0 aromatic heterocycles. The lowest BCUT2D eigenvalue weighted by Crippen LogP contribution is -1.89. The highest BCUT2D eigenvalue weighted by atomic mass is 19.1. The molecule has 2 heteroatoms. The fraction of sp³-hybridized carbons (Fsp3) is 0.400. The molecule has 0 amide bonds. The molecule has 0 radical (unpaired) electrons. The monoisotopic (exact) mass is 166 g/mol. The molecular formula is C10H11FO. The van der Waals surface area contributed by atoms with Gasteiger partial charge in [0.15, 0.2) is 11.6 Å². The Balaban J connectivity index is 2.49. The number of aryl methyl sites for hydroxylation is 1. The Kier molecular flexibility index (Phi) is 1.56. The van der Waals surface area contributed by atoms with Gasteiger partial charge in [-0.05, 0) is 36.8 Å². The largest absolute Gasteiger partial charge is 0.505 e. The molecule has 1 fully saturated rings. The number of phenols is 1. The summed E-state index contributed by atoms with van der Waals surface area (Å²) in [5.41, 5.74) is 1.29. The van der Waals surface area contributed by atoms with E-state index in [1.165, 1.54) is 0 Å². The van der Waals surface area contributed by atoms with E-state index in [2.05, 4.69) is 0 Å². The maximum Gasteiger partial charge on any atom is 0.168 e. The fourth-order valence-corrected chi connectivity index (χ4v) is 1.39. The molecule has 0 atom stereocenters. The third kappa shape index (κ3) is 1.07. The van der Waals surface area contributed by atoms with Gasteiger partial charge in [-0.15, -0.1) is 0 Å². The van der Waals surface area contributed by atoms with Gasteiger partial charge in [0, 0.05) is 0 Å². The molecule has 1 nitrogen and oxygen atoms in total. The first-order valence-corrected chi connectivity index (χ1v) is 4.18. The summed E-state index contributed by atoms with van der Waals surface area (Å²) < 4.78 is 13.3. The van der Waals surface area contributed by atoms with Gasteiger partial charge >= 0.3 is 0 Å². The van der Waals surface area contributed by atoms with E-state index >= 15 is 0 Å². The molecule has 64 valence electrons. The summed E-state index contributed by atoms with van der Waals surface area (Å²) in [5, 5.41) is 9.29. The summed E-state index contributed by atoms with van der Waals surface area (Å²) in [6.45, 7) is 1.70. The van der Waals surface area contributed by atoms with Crippen LogP contribution in [0.15, 0.2) is 12.1 Å². The third-order valence-electron chi connectivity index (χ3n) is 2.36. The van der Waals surface area contributed by atoms with Gasteiger partial charge in [-0.2, -0.15) is 0 Å². The number of aromatic hydroxyl groups is 1. The van der Waals surface area contributed by atoms with Gasteiger partial charge in [0.2, 0.25) is 0 Å². The molecule has 0 aliphatic heterocycles. The normalized spacial score (nSPS) is 16.5. The Morgan fingerprint density at radius 2 is 2.08 bits per heavy atom. The van der Waals surface area contributed by atoms with Gasteiger partial charge in [0.05, 0.1) is 0 Å². The molecule has 0 saturated heterocycles. The van der Waals surface area contributed by atoms with Crippen LogP contribution in [0.3, 0.4) is 0 Å². The van der Waals surface area contributed by atoms with Gasteiger partial charge in [-0.25, -0.2) is 4.39 Å². The van der Waals surface area contributed by atoms with Gasteiger partial charge < -0.3 is 5.11 Å². The summed E-state index contributed by atoms with van der Waals surface area (Å²) in [7, 11) is 0. The average Bonchev–Trinajstić information content (AvgIpc) is 2.84. The van der Waals surface area contributed by atoms with E-state index in [0.717, 1.165) is 12.8 Å². The average molecular weight is 166 g/mol. The zero-order valence-electron chi connectivity index (χ0n) is 6.97. The van der Waals surface area contributed by atoms with Crippen molar-refractivity contribution in [1.29, 1.82) is 0 Å². The zero-order chi connectivity index (χ0) is 8.72. The van der Waals surface area contributed by atoms with Crippen LogP contribution in [0.1, 0.15) is 29.9 Å². The van der Waals surface area contributed by atoms with Crippen LogP contribution in [-0.2, 0) is 0 Å². The Hall–Kier alpha value is -1.05. The van der Waals surface area contributed by atoms with Crippen LogP contribution in [0.5, 0.6) is 5.75 Å². The van der Waals surface area contributed by atoms with Gasteiger partial charge in [-0.1, -0.05) is 12.1 Å². The van der Waals surface area contributed by atoms with Crippen molar-refractivity contribution in [1.82, 2.24) is 0 Å². The van der Waals surface area contributed by atoms with Gasteiger partial charge in [0.1, 0.15) is 0 Å². The van der Waals surface area contributed by atoms with E-state index in [0.29, 0.717) is 17.0 Å². The Labute approximate surface area is 70.8 Å². The van der Waals surface area contributed by atoms with Crippen molar-refractivity contribution < 1.29 is 9.50 Å². The van der Waals surface area contributed by atoms with Crippen molar-refractivity contribution >= 4 is 0 Å². The number of halogens is 1. The van der Waals surface area contributed by atoms with Crippen LogP contribution in [0, 0.1) is 12.7 Å². The van der Waals surface area contributed by atoms with Crippen molar-refractivity contribution in [3.05, 3.63) is 29.1 Å². The number of rotatable bonds is 1. The van der Waals surface area contributed by atoms with Crippen molar-refractivity contribution in [3.63, 3.8) is 0 Å². The van der Waals surface area contributed by atoms with Crippen LogP contribution >= 0.6 is 0 Å². The molecule has 0 spiro atoms. The highest BCUT2D eigenvalue weighted by molar-refractivity contribution is 5.40. The topological polar surface area (TPSA) is 20.2 Å². The molecule has 0 bridgehead atoms. The summed E-state index contributed by atoms with van der Waals surface area (Å²) in [4.78, 5) is 0. The van der Waals surface area contributed by atoms with E-state index < -0.39 is 5.82 Å². The molecule has 1 aliphatic carbocycles. The minimum absolute atomic E-state index is 0.181. The van der Waals surface area contributed by atoms with Crippen LogP contribution in [0.4, 0.5) is 4.39 Å². The van der Waals surface area contributed by atoms with Crippen molar-refractivity contribution in [2.75, 3.05) is 0 Å². The minimum Gasteiger partial charge on any atom is -0.505 e. The maximum atomic E-state index is 13.3. The first-order valence-electron chi connectivity index (χ1n) is 4.18. The Bertz CT molecular complexity index is 316. The third-order valence-corrected chi connectivity index (χ3v) is 2.36. The predicted molar refractivity (Wildman–Crippen MR) is 44.8 cm³/mol. The smallest absolute Gasteiger partial charge is 0.168 e. The first-order chi connectivity index (χ1) is 5.70. The molecule has 2 rings (SSSR count). The molecule has 1 N–H and O–H groups in total. The SMILES string of the molecule is Cc1ccc(C2CC2)c(F)c1O. The van der Waals surface area contributed by atoms with Crippen molar-refractivity contribution in [2.45, 2.75) is 25.7 Å².